The monoisotopic (exact) mass is 197 g/mol. The van der Waals surface area contributed by atoms with E-state index in [1.54, 1.807) is 0 Å². The summed E-state index contributed by atoms with van der Waals surface area (Å²) in [5.41, 5.74) is 0.959. The van der Waals surface area contributed by atoms with Crippen molar-refractivity contribution < 1.29 is 0 Å². The molecule has 0 radical (unpaired) electrons. The molecule has 0 aromatic rings. The first-order valence-electron chi connectivity index (χ1n) is 6.37. The van der Waals surface area contributed by atoms with Gasteiger partial charge in [-0.05, 0) is 19.3 Å². The van der Waals surface area contributed by atoms with E-state index in [-0.39, 0.29) is 0 Å². The average Bonchev–Trinajstić information content (AvgIpc) is 2.17. The maximum atomic E-state index is 7.63. The minimum absolute atomic E-state index is 0.959. The van der Waals surface area contributed by atoms with Crippen LogP contribution in [0.5, 0.6) is 0 Å². The molecule has 84 valence electrons. The van der Waals surface area contributed by atoms with E-state index >= 15 is 0 Å². The van der Waals surface area contributed by atoms with E-state index < -0.39 is 0 Å². The van der Waals surface area contributed by atoms with Gasteiger partial charge < -0.3 is 5.41 Å². The number of rotatable bonds is 10. The Hall–Kier alpha value is -0.330. The minimum Gasteiger partial charge on any atom is -0.310 e. The SMILES string of the molecule is CCCCCCCCCC(=N)CCC. The predicted octanol–water partition coefficient (Wildman–Crippen LogP) is 4.95. The zero-order valence-electron chi connectivity index (χ0n) is 10.1. The molecule has 0 atom stereocenters. The van der Waals surface area contributed by atoms with Crippen molar-refractivity contribution in [2.24, 2.45) is 0 Å². The molecule has 0 heterocycles. The Labute approximate surface area is 89.8 Å². The number of hydrogen-bond acceptors (Lipinski definition) is 1. The second-order valence-electron chi connectivity index (χ2n) is 4.22. The lowest BCUT2D eigenvalue weighted by atomic mass is 10.0. The van der Waals surface area contributed by atoms with Crippen LogP contribution in [-0.4, -0.2) is 5.71 Å². The zero-order valence-corrected chi connectivity index (χ0v) is 10.1. The molecular formula is C13H27N. The summed E-state index contributed by atoms with van der Waals surface area (Å²) in [5, 5.41) is 7.63. The molecule has 0 aliphatic carbocycles. The molecule has 0 aromatic heterocycles. The normalized spacial score (nSPS) is 10.4. The Morgan fingerprint density at radius 2 is 1.29 bits per heavy atom. The Morgan fingerprint density at radius 3 is 1.86 bits per heavy atom. The molecular weight excluding hydrogens is 170 g/mol. The van der Waals surface area contributed by atoms with Gasteiger partial charge >= 0.3 is 0 Å². The van der Waals surface area contributed by atoms with Crippen LogP contribution in [0.25, 0.3) is 0 Å². The Morgan fingerprint density at radius 1 is 0.714 bits per heavy atom. The molecule has 0 spiro atoms. The molecule has 14 heavy (non-hydrogen) atoms. The highest BCUT2D eigenvalue weighted by molar-refractivity contribution is 5.81. The second-order valence-corrected chi connectivity index (χ2v) is 4.22. The van der Waals surface area contributed by atoms with Crippen LogP contribution >= 0.6 is 0 Å². The molecule has 0 saturated carbocycles. The first-order chi connectivity index (χ1) is 6.81. The highest BCUT2D eigenvalue weighted by atomic mass is 14.4. The predicted molar refractivity (Wildman–Crippen MR) is 65.2 cm³/mol. The molecule has 0 unspecified atom stereocenters. The summed E-state index contributed by atoms with van der Waals surface area (Å²) in [7, 11) is 0. The molecule has 1 nitrogen and oxygen atoms in total. The van der Waals surface area contributed by atoms with E-state index in [9.17, 15) is 0 Å². The van der Waals surface area contributed by atoms with Gasteiger partial charge in [0.2, 0.25) is 0 Å². The fraction of sp³-hybridized carbons (Fsp3) is 0.923. The summed E-state index contributed by atoms with van der Waals surface area (Å²) in [5.74, 6) is 0. The second kappa shape index (κ2) is 10.7. The molecule has 0 aliphatic heterocycles. The lowest BCUT2D eigenvalue weighted by Gasteiger charge is -2.02. The molecule has 0 bridgehead atoms. The van der Waals surface area contributed by atoms with E-state index in [4.69, 9.17) is 5.41 Å². The van der Waals surface area contributed by atoms with Crippen LogP contribution < -0.4 is 0 Å². The van der Waals surface area contributed by atoms with Gasteiger partial charge in [0, 0.05) is 5.71 Å². The number of nitrogens with one attached hydrogen (secondary N) is 1. The molecule has 0 saturated heterocycles. The summed E-state index contributed by atoms with van der Waals surface area (Å²) in [6.07, 6.45) is 12.7. The van der Waals surface area contributed by atoms with Crippen LogP contribution in [0.1, 0.15) is 78.1 Å². The van der Waals surface area contributed by atoms with E-state index in [2.05, 4.69) is 13.8 Å². The lowest BCUT2D eigenvalue weighted by molar-refractivity contribution is 0.594. The maximum Gasteiger partial charge on any atom is 0.00890 e. The summed E-state index contributed by atoms with van der Waals surface area (Å²) in [6.45, 7) is 4.41. The van der Waals surface area contributed by atoms with Crippen molar-refractivity contribution >= 4 is 5.71 Å². The van der Waals surface area contributed by atoms with Crippen LogP contribution in [0.3, 0.4) is 0 Å². The van der Waals surface area contributed by atoms with Gasteiger partial charge in [0.1, 0.15) is 0 Å². The summed E-state index contributed by atoms with van der Waals surface area (Å²) >= 11 is 0. The third-order valence-electron chi connectivity index (χ3n) is 2.63. The Balaban J connectivity index is 3.01. The third kappa shape index (κ3) is 9.76. The van der Waals surface area contributed by atoms with Gasteiger partial charge in [0.15, 0.2) is 0 Å². The maximum absolute atomic E-state index is 7.63. The first kappa shape index (κ1) is 13.7. The molecule has 0 rings (SSSR count). The topological polar surface area (TPSA) is 23.9 Å². The van der Waals surface area contributed by atoms with Crippen molar-refractivity contribution in [3.8, 4) is 0 Å². The van der Waals surface area contributed by atoms with Crippen molar-refractivity contribution in [1.29, 1.82) is 5.41 Å². The third-order valence-corrected chi connectivity index (χ3v) is 2.63. The van der Waals surface area contributed by atoms with E-state index in [1.165, 1.54) is 44.9 Å². The standard InChI is InChI=1S/C13H27N/c1-3-5-6-7-8-9-10-12-13(14)11-4-2/h14H,3-12H2,1-2H3. The molecule has 1 heteroatoms. The van der Waals surface area contributed by atoms with Gasteiger partial charge in [0.05, 0.1) is 0 Å². The average molecular weight is 197 g/mol. The molecule has 0 fully saturated rings. The van der Waals surface area contributed by atoms with Gasteiger partial charge in [-0.2, -0.15) is 0 Å². The van der Waals surface area contributed by atoms with Crippen LogP contribution in [0.2, 0.25) is 0 Å². The van der Waals surface area contributed by atoms with Crippen molar-refractivity contribution in [2.45, 2.75) is 78.1 Å². The summed E-state index contributed by atoms with van der Waals surface area (Å²) < 4.78 is 0. The molecule has 0 amide bonds. The minimum atomic E-state index is 0.959. The summed E-state index contributed by atoms with van der Waals surface area (Å²) in [4.78, 5) is 0. The largest absolute Gasteiger partial charge is 0.310 e. The van der Waals surface area contributed by atoms with Gasteiger partial charge in [0.25, 0.3) is 0 Å². The fourth-order valence-electron chi connectivity index (χ4n) is 1.72. The van der Waals surface area contributed by atoms with Crippen LogP contribution in [0.15, 0.2) is 0 Å². The van der Waals surface area contributed by atoms with Crippen LogP contribution in [0.4, 0.5) is 0 Å². The van der Waals surface area contributed by atoms with Crippen molar-refractivity contribution in [1.82, 2.24) is 0 Å². The van der Waals surface area contributed by atoms with Gasteiger partial charge in [-0.1, -0.05) is 58.8 Å². The smallest absolute Gasteiger partial charge is 0.00890 e. The van der Waals surface area contributed by atoms with E-state index in [0.717, 1.165) is 25.0 Å². The van der Waals surface area contributed by atoms with Gasteiger partial charge in [-0.25, -0.2) is 0 Å². The number of hydrogen-bond donors (Lipinski definition) is 1. The van der Waals surface area contributed by atoms with Crippen LogP contribution in [-0.2, 0) is 0 Å². The van der Waals surface area contributed by atoms with Gasteiger partial charge in [-0.15, -0.1) is 0 Å². The quantitative estimate of drug-likeness (QED) is 0.378. The lowest BCUT2D eigenvalue weighted by Crippen LogP contribution is -1.94. The van der Waals surface area contributed by atoms with Crippen molar-refractivity contribution in [3.05, 3.63) is 0 Å². The van der Waals surface area contributed by atoms with Crippen LogP contribution in [0, 0.1) is 5.41 Å². The zero-order chi connectivity index (χ0) is 10.6. The highest BCUT2D eigenvalue weighted by Crippen LogP contribution is 2.09. The Bertz CT molecular complexity index is 129. The van der Waals surface area contributed by atoms with E-state index in [0.29, 0.717) is 0 Å². The van der Waals surface area contributed by atoms with Gasteiger partial charge in [-0.3, -0.25) is 0 Å². The van der Waals surface area contributed by atoms with E-state index in [1.807, 2.05) is 0 Å². The molecule has 0 aromatic carbocycles. The molecule has 1 N–H and O–H groups in total. The van der Waals surface area contributed by atoms with Crippen molar-refractivity contribution in [2.75, 3.05) is 0 Å². The number of unbranched alkanes of at least 4 members (excludes halogenated alkanes) is 6. The fourth-order valence-corrected chi connectivity index (χ4v) is 1.72. The Kier molecular flexibility index (Phi) is 10.5. The highest BCUT2D eigenvalue weighted by Gasteiger charge is 1.95. The first-order valence-corrected chi connectivity index (χ1v) is 6.37. The summed E-state index contributed by atoms with van der Waals surface area (Å²) in [6, 6.07) is 0. The molecule has 0 aliphatic rings. The van der Waals surface area contributed by atoms with Crippen molar-refractivity contribution in [3.63, 3.8) is 0 Å².